The molecule has 6 nitrogen and oxygen atoms in total. The van der Waals surface area contributed by atoms with E-state index in [-0.39, 0.29) is 11.8 Å². The van der Waals surface area contributed by atoms with Crippen molar-refractivity contribution in [1.82, 2.24) is 19.9 Å². The number of aryl methyl sites for hydroxylation is 2. The number of fused-ring (bicyclic) bond motifs is 1. The molecule has 136 valence electrons. The molecule has 7 heteroatoms. The smallest absolute Gasteiger partial charge is 0.228 e. The van der Waals surface area contributed by atoms with E-state index in [1.54, 1.807) is 6.33 Å². The van der Waals surface area contributed by atoms with E-state index in [0.29, 0.717) is 24.7 Å². The van der Waals surface area contributed by atoms with Crippen LogP contribution in [0.5, 0.6) is 0 Å². The highest BCUT2D eigenvalue weighted by Gasteiger charge is 2.35. The molecule has 0 aliphatic carbocycles. The predicted octanol–water partition coefficient (Wildman–Crippen LogP) is 2.82. The van der Waals surface area contributed by atoms with Gasteiger partial charge in [0.2, 0.25) is 5.91 Å². The Morgan fingerprint density at radius 2 is 2.04 bits per heavy atom. The monoisotopic (exact) mass is 371 g/mol. The Bertz CT molecular complexity index is 884. The zero-order valence-electron chi connectivity index (χ0n) is 15.3. The third kappa shape index (κ3) is 2.82. The van der Waals surface area contributed by atoms with Gasteiger partial charge in [0.1, 0.15) is 6.33 Å². The van der Waals surface area contributed by atoms with Crippen LogP contribution in [0.15, 0.2) is 12.5 Å². The van der Waals surface area contributed by atoms with E-state index in [9.17, 15) is 4.79 Å². The maximum atomic E-state index is 13.1. The summed E-state index contributed by atoms with van der Waals surface area (Å²) in [6, 6.07) is 0. The van der Waals surface area contributed by atoms with E-state index in [0.717, 1.165) is 46.9 Å². The Kier molecular flexibility index (Phi) is 4.31. The highest BCUT2D eigenvalue weighted by Crippen LogP contribution is 2.33. The number of carbonyl (C=O) groups is 1. The lowest BCUT2D eigenvalue weighted by atomic mass is 10.1. The van der Waals surface area contributed by atoms with E-state index < -0.39 is 0 Å². The van der Waals surface area contributed by atoms with Crippen molar-refractivity contribution in [3.05, 3.63) is 45.8 Å². The minimum absolute atomic E-state index is 0.000735. The molecule has 4 rings (SSSR count). The molecule has 0 N–H and O–H groups in total. The maximum Gasteiger partial charge on any atom is 0.228 e. The zero-order chi connectivity index (χ0) is 18.4. The largest absolute Gasteiger partial charge is 0.368 e. The maximum absolute atomic E-state index is 13.1. The number of amides is 1. The SMILES string of the molecule is Cc1ncncc1N1CC[C@@H](C(=O)N2Cc3nc(C)c(Cl)c(C)c3C2)C1. The molecule has 2 aromatic rings. The first-order valence-electron chi connectivity index (χ1n) is 8.90. The van der Waals surface area contributed by atoms with Gasteiger partial charge in [0, 0.05) is 19.6 Å². The fourth-order valence-corrected chi connectivity index (χ4v) is 4.15. The summed E-state index contributed by atoms with van der Waals surface area (Å²) in [6.07, 6.45) is 4.24. The van der Waals surface area contributed by atoms with Gasteiger partial charge in [-0.3, -0.25) is 9.78 Å². The van der Waals surface area contributed by atoms with E-state index in [4.69, 9.17) is 11.6 Å². The number of pyridine rings is 1. The van der Waals surface area contributed by atoms with Gasteiger partial charge in [-0.15, -0.1) is 0 Å². The Balaban J connectivity index is 1.48. The van der Waals surface area contributed by atoms with Gasteiger partial charge in [-0.1, -0.05) is 11.6 Å². The van der Waals surface area contributed by atoms with Crippen molar-refractivity contribution in [2.75, 3.05) is 18.0 Å². The molecule has 4 heterocycles. The number of hydrogen-bond acceptors (Lipinski definition) is 5. The summed E-state index contributed by atoms with van der Waals surface area (Å²) in [7, 11) is 0. The lowest BCUT2D eigenvalue weighted by Gasteiger charge is -2.22. The van der Waals surface area contributed by atoms with Crippen molar-refractivity contribution in [3.63, 3.8) is 0 Å². The molecule has 2 aromatic heterocycles. The molecule has 1 saturated heterocycles. The Labute approximate surface area is 158 Å². The normalized spacial score (nSPS) is 19.2. The second-order valence-electron chi connectivity index (χ2n) is 7.18. The zero-order valence-corrected chi connectivity index (χ0v) is 16.0. The molecule has 1 atom stereocenters. The molecule has 1 amide bonds. The number of anilines is 1. The molecule has 2 aliphatic rings. The van der Waals surface area contributed by atoms with Crippen LogP contribution in [0, 0.1) is 26.7 Å². The summed E-state index contributed by atoms with van der Waals surface area (Å²) in [6.45, 7) is 8.66. The average Bonchev–Trinajstić information content (AvgIpc) is 3.27. The lowest BCUT2D eigenvalue weighted by molar-refractivity contribution is -0.135. The standard InChI is InChI=1S/C19H22ClN5O/c1-11-15-8-25(9-16(15)23-13(3)18(11)20)19(26)14-4-5-24(7-14)17-6-21-10-22-12(17)2/h6,10,14H,4-5,7-9H2,1-3H3/t14-/m1/s1. The molecule has 26 heavy (non-hydrogen) atoms. The van der Waals surface area contributed by atoms with E-state index >= 15 is 0 Å². The fourth-order valence-electron chi connectivity index (χ4n) is 4.00. The summed E-state index contributed by atoms with van der Waals surface area (Å²) in [5, 5.41) is 0.713. The predicted molar refractivity (Wildman–Crippen MR) is 100 cm³/mol. The Morgan fingerprint density at radius 1 is 1.23 bits per heavy atom. The first-order chi connectivity index (χ1) is 12.5. The van der Waals surface area contributed by atoms with Gasteiger partial charge < -0.3 is 9.80 Å². The van der Waals surface area contributed by atoms with Crippen LogP contribution in [0.2, 0.25) is 5.02 Å². The van der Waals surface area contributed by atoms with Crippen molar-refractivity contribution < 1.29 is 4.79 Å². The van der Waals surface area contributed by atoms with Gasteiger partial charge in [0.25, 0.3) is 0 Å². The first-order valence-corrected chi connectivity index (χ1v) is 9.28. The van der Waals surface area contributed by atoms with Crippen LogP contribution in [0.1, 0.15) is 34.6 Å². The van der Waals surface area contributed by atoms with Crippen LogP contribution >= 0.6 is 11.6 Å². The molecule has 0 aromatic carbocycles. The Morgan fingerprint density at radius 3 is 2.81 bits per heavy atom. The summed E-state index contributed by atoms with van der Waals surface area (Å²) in [4.78, 5) is 30.2. The highest BCUT2D eigenvalue weighted by atomic mass is 35.5. The van der Waals surface area contributed by atoms with Crippen molar-refractivity contribution in [2.24, 2.45) is 5.92 Å². The lowest BCUT2D eigenvalue weighted by Crippen LogP contribution is -2.34. The van der Waals surface area contributed by atoms with Crippen LogP contribution in [0.4, 0.5) is 5.69 Å². The third-order valence-corrected chi connectivity index (χ3v) is 6.07. The molecule has 0 unspecified atom stereocenters. The minimum atomic E-state index is 0.000735. The quantitative estimate of drug-likeness (QED) is 0.812. The topological polar surface area (TPSA) is 62.2 Å². The number of halogens is 1. The van der Waals surface area contributed by atoms with Gasteiger partial charge in [0.05, 0.1) is 46.5 Å². The van der Waals surface area contributed by atoms with E-state index in [1.165, 1.54) is 0 Å². The van der Waals surface area contributed by atoms with Crippen LogP contribution < -0.4 is 4.90 Å². The average molecular weight is 372 g/mol. The van der Waals surface area contributed by atoms with Gasteiger partial charge in [-0.25, -0.2) is 9.97 Å². The summed E-state index contributed by atoms with van der Waals surface area (Å²) in [5.74, 6) is 0.203. The molecule has 0 bridgehead atoms. The molecule has 0 saturated carbocycles. The summed E-state index contributed by atoms with van der Waals surface area (Å²) < 4.78 is 0. The first kappa shape index (κ1) is 17.2. The van der Waals surface area contributed by atoms with Crippen molar-refractivity contribution in [3.8, 4) is 0 Å². The fraction of sp³-hybridized carbons (Fsp3) is 0.474. The number of hydrogen-bond donors (Lipinski definition) is 0. The van der Waals surface area contributed by atoms with Crippen molar-refractivity contribution >= 4 is 23.2 Å². The molecule has 0 radical (unpaired) electrons. The number of carbonyl (C=O) groups excluding carboxylic acids is 1. The summed E-state index contributed by atoms with van der Waals surface area (Å²) in [5.41, 5.74) is 5.95. The second-order valence-corrected chi connectivity index (χ2v) is 7.56. The van der Waals surface area contributed by atoms with Crippen LogP contribution in [-0.4, -0.2) is 38.8 Å². The number of aromatic nitrogens is 3. The van der Waals surface area contributed by atoms with E-state index in [1.807, 2.05) is 31.9 Å². The molecule has 0 spiro atoms. The number of nitrogens with zero attached hydrogens (tertiary/aromatic N) is 5. The third-order valence-electron chi connectivity index (χ3n) is 5.52. The van der Waals surface area contributed by atoms with Crippen LogP contribution in [-0.2, 0) is 17.9 Å². The van der Waals surface area contributed by atoms with Crippen molar-refractivity contribution in [2.45, 2.75) is 40.3 Å². The molecule has 2 aliphatic heterocycles. The van der Waals surface area contributed by atoms with Crippen molar-refractivity contribution in [1.29, 1.82) is 0 Å². The van der Waals surface area contributed by atoms with Gasteiger partial charge >= 0.3 is 0 Å². The Hall–Kier alpha value is -2.21. The molecular formula is C19H22ClN5O. The second kappa shape index (κ2) is 6.50. The van der Waals surface area contributed by atoms with Gasteiger partial charge in [0.15, 0.2) is 0 Å². The van der Waals surface area contributed by atoms with Crippen LogP contribution in [0.3, 0.4) is 0 Å². The molecular weight excluding hydrogens is 350 g/mol. The summed E-state index contributed by atoms with van der Waals surface area (Å²) >= 11 is 6.33. The number of rotatable bonds is 2. The van der Waals surface area contributed by atoms with Gasteiger partial charge in [-0.2, -0.15) is 0 Å². The van der Waals surface area contributed by atoms with Gasteiger partial charge in [-0.05, 0) is 38.3 Å². The van der Waals surface area contributed by atoms with Crippen LogP contribution in [0.25, 0.3) is 0 Å². The molecule has 1 fully saturated rings. The minimum Gasteiger partial charge on any atom is -0.368 e. The highest BCUT2D eigenvalue weighted by molar-refractivity contribution is 6.32. The van der Waals surface area contributed by atoms with E-state index in [2.05, 4.69) is 19.9 Å².